The molecule has 0 aromatic heterocycles. The number of halogens is 1. The molecule has 1 fully saturated rings. The molecule has 1 aliphatic rings. The zero-order chi connectivity index (χ0) is 14.1. The van der Waals surface area contributed by atoms with E-state index in [1.165, 1.54) is 36.0 Å². The highest BCUT2D eigenvalue weighted by Gasteiger charge is 2.20. The van der Waals surface area contributed by atoms with Crippen LogP contribution in [0.2, 0.25) is 0 Å². The second-order valence-corrected chi connectivity index (χ2v) is 6.54. The minimum Gasteiger partial charge on any atom is -0.320 e. The van der Waals surface area contributed by atoms with Crippen molar-refractivity contribution in [3.63, 3.8) is 0 Å². The zero-order valence-corrected chi connectivity index (χ0v) is 13.4. The molecule has 0 saturated heterocycles. The Balaban J connectivity index is 1.86. The Labute approximate surface area is 129 Å². The molecule has 20 heavy (non-hydrogen) atoms. The van der Waals surface area contributed by atoms with E-state index in [2.05, 4.69) is 65.3 Å². The molecule has 0 spiro atoms. The molecule has 2 aromatic rings. The van der Waals surface area contributed by atoms with Gasteiger partial charge in [0.25, 0.3) is 0 Å². The molecule has 0 heterocycles. The van der Waals surface area contributed by atoms with E-state index in [-0.39, 0.29) is 6.04 Å². The maximum Gasteiger partial charge on any atom is 0.0562 e. The second kappa shape index (κ2) is 5.71. The standard InChI is InChI=1S/C18H20BrN/c1-12-4-2-7-16(17(12)19)18(20)15-10-8-14(9-11-15)13-5-3-6-13/h2,4,7-11,13,18H,3,5-6,20H2,1H3. The summed E-state index contributed by atoms with van der Waals surface area (Å²) in [5, 5.41) is 0. The van der Waals surface area contributed by atoms with E-state index in [9.17, 15) is 0 Å². The van der Waals surface area contributed by atoms with Gasteiger partial charge in [-0.3, -0.25) is 0 Å². The van der Waals surface area contributed by atoms with E-state index in [0.29, 0.717) is 0 Å². The molecule has 1 saturated carbocycles. The topological polar surface area (TPSA) is 26.0 Å². The molecule has 1 unspecified atom stereocenters. The maximum absolute atomic E-state index is 6.43. The SMILES string of the molecule is Cc1cccc(C(N)c2ccc(C3CCC3)cc2)c1Br. The first-order valence-electron chi connectivity index (χ1n) is 7.27. The van der Waals surface area contributed by atoms with Gasteiger partial charge in [-0.05, 0) is 47.9 Å². The normalized spacial score (nSPS) is 16.8. The fraction of sp³-hybridized carbons (Fsp3) is 0.333. The van der Waals surface area contributed by atoms with Gasteiger partial charge in [-0.25, -0.2) is 0 Å². The third-order valence-corrected chi connectivity index (χ3v) is 5.51. The van der Waals surface area contributed by atoms with Gasteiger partial charge in [-0.15, -0.1) is 0 Å². The first-order chi connectivity index (χ1) is 9.66. The second-order valence-electron chi connectivity index (χ2n) is 5.75. The minimum absolute atomic E-state index is 0.0697. The van der Waals surface area contributed by atoms with Crippen LogP contribution in [-0.4, -0.2) is 0 Å². The molecular formula is C18H20BrN. The Bertz CT molecular complexity index is 599. The average molecular weight is 330 g/mol. The maximum atomic E-state index is 6.43. The molecule has 104 valence electrons. The summed E-state index contributed by atoms with van der Waals surface area (Å²) >= 11 is 3.66. The van der Waals surface area contributed by atoms with Crippen LogP contribution in [0.3, 0.4) is 0 Å². The lowest BCUT2D eigenvalue weighted by atomic mass is 9.79. The van der Waals surface area contributed by atoms with Gasteiger partial charge in [-0.1, -0.05) is 64.8 Å². The van der Waals surface area contributed by atoms with Crippen molar-refractivity contribution in [2.45, 2.75) is 38.1 Å². The van der Waals surface area contributed by atoms with Crippen molar-refractivity contribution in [2.75, 3.05) is 0 Å². The Morgan fingerprint density at radius 2 is 1.80 bits per heavy atom. The Morgan fingerprint density at radius 1 is 1.10 bits per heavy atom. The largest absolute Gasteiger partial charge is 0.320 e. The van der Waals surface area contributed by atoms with Crippen LogP contribution in [0.4, 0.5) is 0 Å². The van der Waals surface area contributed by atoms with E-state index in [4.69, 9.17) is 5.73 Å². The highest BCUT2D eigenvalue weighted by Crippen LogP contribution is 2.37. The van der Waals surface area contributed by atoms with Crippen LogP contribution in [-0.2, 0) is 0 Å². The molecule has 1 aliphatic carbocycles. The van der Waals surface area contributed by atoms with E-state index in [1.807, 2.05) is 0 Å². The van der Waals surface area contributed by atoms with E-state index in [1.54, 1.807) is 0 Å². The van der Waals surface area contributed by atoms with Gasteiger partial charge in [0.2, 0.25) is 0 Å². The molecule has 2 heteroatoms. The summed E-state index contributed by atoms with van der Waals surface area (Å²) in [6.07, 6.45) is 4.06. The van der Waals surface area contributed by atoms with Gasteiger partial charge in [-0.2, -0.15) is 0 Å². The highest BCUT2D eigenvalue weighted by atomic mass is 79.9. The lowest BCUT2D eigenvalue weighted by Gasteiger charge is -2.26. The van der Waals surface area contributed by atoms with Gasteiger partial charge < -0.3 is 5.73 Å². The van der Waals surface area contributed by atoms with Crippen LogP contribution >= 0.6 is 15.9 Å². The van der Waals surface area contributed by atoms with Gasteiger partial charge in [0.1, 0.15) is 0 Å². The van der Waals surface area contributed by atoms with Gasteiger partial charge in [0, 0.05) is 4.47 Å². The van der Waals surface area contributed by atoms with E-state index >= 15 is 0 Å². The summed E-state index contributed by atoms with van der Waals surface area (Å²) in [5.41, 5.74) is 11.5. The fourth-order valence-electron chi connectivity index (χ4n) is 2.81. The summed E-state index contributed by atoms with van der Waals surface area (Å²) < 4.78 is 1.12. The minimum atomic E-state index is -0.0697. The van der Waals surface area contributed by atoms with Crippen molar-refractivity contribution < 1.29 is 0 Å². The predicted molar refractivity (Wildman–Crippen MR) is 87.9 cm³/mol. The molecule has 0 aliphatic heterocycles. The first kappa shape index (κ1) is 13.8. The van der Waals surface area contributed by atoms with Crippen LogP contribution in [0.5, 0.6) is 0 Å². The molecule has 1 nitrogen and oxygen atoms in total. The molecule has 0 bridgehead atoms. The number of benzene rings is 2. The Morgan fingerprint density at radius 3 is 2.40 bits per heavy atom. The predicted octanol–water partition coefficient (Wildman–Crippen LogP) is 5.07. The lowest BCUT2D eigenvalue weighted by molar-refractivity contribution is 0.419. The van der Waals surface area contributed by atoms with E-state index < -0.39 is 0 Å². The number of hydrogen-bond donors (Lipinski definition) is 1. The van der Waals surface area contributed by atoms with Crippen molar-refractivity contribution >= 4 is 15.9 Å². The summed E-state index contributed by atoms with van der Waals surface area (Å²) in [4.78, 5) is 0. The molecule has 3 rings (SSSR count). The third kappa shape index (κ3) is 2.55. The van der Waals surface area contributed by atoms with Crippen molar-refractivity contribution in [1.29, 1.82) is 0 Å². The van der Waals surface area contributed by atoms with Gasteiger partial charge >= 0.3 is 0 Å². The number of nitrogens with two attached hydrogens (primary N) is 1. The summed E-state index contributed by atoms with van der Waals surface area (Å²) in [5.74, 6) is 0.783. The van der Waals surface area contributed by atoms with Crippen LogP contribution in [0, 0.1) is 6.92 Å². The van der Waals surface area contributed by atoms with Crippen molar-refractivity contribution in [3.8, 4) is 0 Å². The summed E-state index contributed by atoms with van der Waals surface area (Å²) in [7, 11) is 0. The smallest absolute Gasteiger partial charge is 0.0562 e. The van der Waals surface area contributed by atoms with Gasteiger partial charge in [0.15, 0.2) is 0 Å². The Hall–Kier alpha value is -1.12. The van der Waals surface area contributed by atoms with Crippen molar-refractivity contribution in [1.82, 2.24) is 0 Å². The van der Waals surface area contributed by atoms with Crippen LogP contribution in [0.1, 0.15) is 53.5 Å². The molecular weight excluding hydrogens is 310 g/mol. The number of rotatable bonds is 3. The van der Waals surface area contributed by atoms with Crippen molar-refractivity contribution in [3.05, 3.63) is 69.2 Å². The molecule has 1 atom stereocenters. The lowest BCUT2D eigenvalue weighted by Crippen LogP contribution is -2.14. The molecule has 2 aromatic carbocycles. The monoisotopic (exact) mass is 329 g/mol. The molecule has 2 N–H and O–H groups in total. The third-order valence-electron chi connectivity index (χ3n) is 4.43. The summed E-state index contributed by atoms with van der Waals surface area (Å²) in [6, 6.07) is 15.1. The summed E-state index contributed by atoms with van der Waals surface area (Å²) in [6.45, 7) is 2.10. The quantitative estimate of drug-likeness (QED) is 0.835. The van der Waals surface area contributed by atoms with Gasteiger partial charge in [0.05, 0.1) is 6.04 Å². The molecule has 0 radical (unpaired) electrons. The average Bonchev–Trinajstić information content (AvgIpc) is 2.40. The van der Waals surface area contributed by atoms with E-state index in [0.717, 1.165) is 16.0 Å². The highest BCUT2D eigenvalue weighted by molar-refractivity contribution is 9.10. The molecule has 0 amide bonds. The number of aryl methyl sites for hydroxylation is 1. The van der Waals surface area contributed by atoms with Crippen LogP contribution in [0.25, 0.3) is 0 Å². The fourth-order valence-corrected chi connectivity index (χ4v) is 3.32. The Kier molecular flexibility index (Phi) is 3.95. The number of hydrogen-bond acceptors (Lipinski definition) is 1. The van der Waals surface area contributed by atoms with Crippen molar-refractivity contribution in [2.24, 2.45) is 5.73 Å². The van der Waals surface area contributed by atoms with Crippen LogP contribution < -0.4 is 5.73 Å². The zero-order valence-electron chi connectivity index (χ0n) is 11.8. The first-order valence-corrected chi connectivity index (χ1v) is 8.06. The van der Waals surface area contributed by atoms with Crippen LogP contribution in [0.15, 0.2) is 46.9 Å².